The first-order chi connectivity index (χ1) is 14.1. The first-order valence-electron chi connectivity index (χ1n) is 10.2. The van der Waals surface area contributed by atoms with E-state index in [1.807, 2.05) is 30.3 Å². The first-order valence-corrected chi connectivity index (χ1v) is 10.2. The highest BCUT2D eigenvalue weighted by atomic mass is 16.3. The van der Waals surface area contributed by atoms with Crippen LogP contribution >= 0.6 is 0 Å². The number of para-hydroxylation sites is 1. The van der Waals surface area contributed by atoms with Crippen LogP contribution in [0.4, 0.5) is 0 Å². The lowest BCUT2D eigenvalue weighted by Crippen LogP contribution is -2.40. The number of carbonyl (C=O) groups excluding carboxylic acids is 1. The summed E-state index contributed by atoms with van der Waals surface area (Å²) in [6.45, 7) is 6.58. The predicted octanol–water partition coefficient (Wildman–Crippen LogP) is 3.98. The number of benzene rings is 2. The molecule has 0 unspecified atom stereocenters. The van der Waals surface area contributed by atoms with Crippen LogP contribution in [0, 0.1) is 6.92 Å². The molecule has 1 amide bonds. The number of carbonyl (C=O) groups is 1. The Morgan fingerprint density at radius 1 is 1.17 bits per heavy atom. The van der Waals surface area contributed by atoms with Crippen LogP contribution in [0.3, 0.4) is 0 Å². The van der Waals surface area contributed by atoms with Gasteiger partial charge in [0.2, 0.25) is 0 Å². The van der Waals surface area contributed by atoms with Gasteiger partial charge in [0.25, 0.3) is 5.91 Å². The Balaban J connectivity index is 1.70. The molecule has 29 heavy (non-hydrogen) atoms. The van der Waals surface area contributed by atoms with Gasteiger partial charge in [-0.1, -0.05) is 43.3 Å². The lowest BCUT2D eigenvalue weighted by Gasteiger charge is -2.23. The number of fused-ring (bicyclic) bond motifs is 1. The molecule has 4 rings (SSSR count). The third-order valence-electron chi connectivity index (χ3n) is 5.83. The second kappa shape index (κ2) is 8.21. The van der Waals surface area contributed by atoms with Gasteiger partial charge in [0.1, 0.15) is 5.76 Å². The van der Waals surface area contributed by atoms with Gasteiger partial charge in [-0.2, -0.15) is 0 Å². The number of likely N-dealkylation sites (tertiary alicyclic amines) is 1. The quantitative estimate of drug-likeness (QED) is 0.716. The normalized spacial score (nSPS) is 17.0. The summed E-state index contributed by atoms with van der Waals surface area (Å²) in [5.74, 6) is 0.306. The van der Waals surface area contributed by atoms with Crippen LogP contribution in [0.2, 0.25) is 0 Å². The molecule has 1 atom stereocenters. The Labute approximate surface area is 170 Å². The third-order valence-corrected chi connectivity index (χ3v) is 5.83. The van der Waals surface area contributed by atoms with Crippen molar-refractivity contribution < 1.29 is 9.21 Å². The maximum Gasteiger partial charge on any atom is 0.255 e. The average molecular weight is 390 g/mol. The van der Waals surface area contributed by atoms with Gasteiger partial charge in [0.15, 0.2) is 11.0 Å². The summed E-state index contributed by atoms with van der Waals surface area (Å²) in [4.78, 5) is 28.3. The third kappa shape index (κ3) is 3.70. The molecule has 1 aromatic heterocycles. The van der Waals surface area contributed by atoms with Crippen molar-refractivity contribution >= 4 is 16.9 Å². The standard InChI is InChI=1S/C24H26N2O3/c1-3-26-14-8-11-18(26)15-25-24(28)20-13-7-12-19-21(27)16(2)22(29-23(19)20)17-9-5-4-6-10-17/h4-7,9-10,12-13,18H,3,8,11,14-15H2,1-2H3,(H,25,28)/t18-/m1/s1. The highest BCUT2D eigenvalue weighted by Crippen LogP contribution is 2.27. The first kappa shape index (κ1) is 19.4. The molecule has 0 spiro atoms. The van der Waals surface area contributed by atoms with Gasteiger partial charge in [-0.3, -0.25) is 14.5 Å². The van der Waals surface area contributed by atoms with Crippen molar-refractivity contribution in [2.24, 2.45) is 0 Å². The zero-order chi connectivity index (χ0) is 20.4. The van der Waals surface area contributed by atoms with Crippen molar-refractivity contribution in [2.45, 2.75) is 32.7 Å². The summed E-state index contributed by atoms with van der Waals surface area (Å²) in [6, 6.07) is 15.1. The predicted molar refractivity (Wildman–Crippen MR) is 115 cm³/mol. The van der Waals surface area contributed by atoms with Crippen molar-refractivity contribution in [3.8, 4) is 11.3 Å². The molecular formula is C24H26N2O3. The largest absolute Gasteiger partial charge is 0.455 e. The summed E-state index contributed by atoms with van der Waals surface area (Å²) in [6.07, 6.45) is 2.26. The molecule has 0 radical (unpaired) electrons. The number of rotatable bonds is 5. The van der Waals surface area contributed by atoms with E-state index in [1.165, 1.54) is 0 Å². The lowest BCUT2D eigenvalue weighted by atomic mass is 10.0. The van der Waals surface area contributed by atoms with Crippen LogP contribution in [0.1, 0.15) is 35.7 Å². The van der Waals surface area contributed by atoms with Gasteiger partial charge in [-0.05, 0) is 45.0 Å². The van der Waals surface area contributed by atoms with Gasteiger partial charge in [0.05, 0.1) is 10.9 Å². The summed E-state index contributed by atoms with van der Waals surface area (Å²) >= 11 is 0. The molecule has 5 heteroatoms. The second-order valence-corrected chi connectivity index (χ2v) is 7.57. The molecule has 1 saturated heterocycles. The summed E-state index contributed by atoms with van der Waals surface area (Å²) in [5.41, 5.74) is 2.01. The molecule has 3 aromatic rings. The zero-order valence-electron chi connectivity index (χ0n) is 16.9. The fourth-order valence-corrected chi connectivity index (χ4v) is 4.20. The maximum absolute atomic E-state index is 13.0. The van der Waals surface area contributed by atoms with Crippen LogP contribution in [0.25, 0.3) is 22.3 Å². The summed E-state index contributed by atoms with van der Waals surface area (Å²) in [5, 5.41) is 3.48. The SMILES string of the molecule is CCN1CCC[C@@H]1CNC(=O)c1cccc2c(=O)c(C)c(-c3ccccc3)oc12. The van der Waals surface area contributed by atoms with Crippen LogP contribution < -0.4 is 10.7 Å². The zero-order valence-corrected chi connectivity index (χ0v) is 16.9. The number of amides is 1. The lowest BCUT2D eigenvalue weighted by molar-refractivity contribution is 0.0942. The number of likely N-dealkylation sites (N-methyl/N-ethyl adjacent to an activating group) is 1. The summed E-state index contributed by atoms with van der Waals surface area (Å²) < 4.78 is 6.15. The monoisotopic (exact) mass is 390 g/mol. The number of hydrogen-bond acceptors (Lipinski definition) is 4. The average Bonchev–Trinajstić information content (AvgIpc) is 3.22. The molecular weight excluding hydrogens is 364 g/mol. The molecule has 0 aliphatic carbocycles. The van der Waals surface area contributed by atoms with Crippen LogP contribution in [-0.4, -0.2) is 36.5 Å². The fourth-order valence-electron chi connectivity index (χ4n) is 4.20. The van der Waals surface area contributed by atoms with E-state index < -0.39 is 0 Å². The Bertz CT molecular complexity index is 1090. The van der Waals surface area contributed by atoms with E-state index in [-0.39, 0.29) is 11.3 Å². The Morgan fingerprint density at radius 2 is 1.97 bits per heavy atom. The van der Waals surface area contributed by atoms with Crippen molar-refractivity contribution in [3.05, 3.63) is 69.9 Å². The van der Waals surface area contributed by atoms with E-state index in [0.717, 1.165) is 31.5 Å². The van der Waals surface area contributed by atoms with Crippen LogP contribution in [0.5, 0.6) is 0 Å². The van der Waals surface area contributed by atoms with Crippen molar-refractivity contribution in [1.82, 2.24) is 10.2 Å². The molecule has 0 bridgehead atoms. The molecule has 1 fully saturated rings. The second-order valence-electron chi connectivity index (χ2n) is 7.57. The molecule has 1 aliphatic heterocycles. The van der Waals surface area contributed by atoms with Gasteiger partial charge in [-0.15, -0.1) is 0 Å². The molecule has 5 nitrogen and oxygen atoms in total. The van der Waals surface area contributed by atoms with E-state index in [4.69, 9.17) is 4.42 Å². The van der Waals surface area contributed by atoms with Gasteiger partial charge in [-0.25, -0.2) is 0 Å². The summed E-state index contributed by atoms with van der Waals surface area (Å²) in [7, 11) is 0. The van der Waals surface area contributed by atoms with Crippen molar-refractivity contribution in [2.75, 3.05) is 19.6 Å². The Kier molecular flexibility index (Phi) is 5.49. The van der Waals surface area contributed by atoms with E-state index in [9.17, 15) is 9.59 Å². The smallest absolute Gasteiger partial charge is 0.255 e. The van der Waals surface area contributed by atoms with Gasteiger partial charge in [0, 0.05) is 23.7 Å². The Morgan fingerprint density at radius 3 is 2.72 bits per heavy atom. The topological polar surface area (TPSA) is 62.6 Å². The molecule has 1 N–H and O–H groups in total. The molecule has 150 valence electrons. The number of nitrogens with one attached hydrogen (secondary N) is 1. The van der Waals surface area contributed by atoms with Gasteiger partial charge >= 0.3 is 0 Å². The molecule has 1 aliphatic rings. The molecule has 2 aromatic carbocycles. The van der Waals surface area contributed by atoms with Gasteiger partial charge < -0.3 is 9.73 Å². The van der Waals surface area contributed by atoms with E-state index >= 15 is 0 Å². The number of nitrogens with zero attached hydrogens (tertiary/aromatic N) is 1. The molecule has 0 saturated carbocycles. The Hall–Kier alpha value is -2.92. The van der Waals surface area contributed by atoms with E-state index in [1.54, 1.807) is 25.1 Å². The maximum atomic E-state index is 13.0. The minimum absolute atomic E-state index is 0.104. The van der Waals surface area contributed by atoms with E-state index in [2.05, 4.69) is 17.1 Å². The highest BCUT2D eigenvalue weighted by Gasteiger charge is 2.24. The highest BCUT2D eigenvalue weighted by molar-refractivity contribution is 6.05. The van der Waals surface area contributed by atoms with Crippen molar-refractivity contribution in [1.29, 1.82) is 0 Å². The van der Waals surface area contributed by atoms with Crippen molar-refractivity contribution in [3.63, 3.8) is 0 Å². The number of hydrogen-bond donors (Lipinski definition) is 1. The fraction of sp³-hybridized carbons (Fsp3) is 0.333. The van der Waals surface area contributed by atoms with Crippen LogP contribution in [0.15, 0.2) is 57.7 Å². The van der Waals surface area contributed by atoms with E-state index in [0.29, 0.717) is 40.4 Å². The molecule has 2 heterocycles. The minimum Gasteiger partial charge on any atom is -0.455 e. The minimum atomic E-state index is -0.204. The van der Waals surface area contributed by atoms with Crippen LogP contribution in [-0.2, 0) is 0 Å².